The van der Waals surface area contributed by atoms with Gasteiger partial charge in [0.1, 0.15) is 5.75 Å². The van der Waals surface area contributed by atoms with Crippen LogP contribution < -0.4 is 4.74 Å². The van der Waals surface area contributed by atoms with Crippen molar-refractivity contribution in [2.75, 3.05) is 6.07 Å². The Morgan fingerprint density at radius 2 is 1.93 bits per heavy atom. The predicted molar refractivity (Wildman–Crippen MR) is 60.0 cm³/mol. The highest BCUT2D eigenvalue weighted by Crippen LogP contribution is 2.22. The standard InChI is InChI=1S/C12H8ClNO/c13-8-15-12-4-3-10-2-1-9(7-14)5-11(10)6-12/h1-6H,8H2. The number of ether oxygens (including phenoxy) is 1. The largest absolute Gasteiger partial charge is 0.478 e. The maximum Gasteiger partial charge on any atom is 0.162 e. The molecular weight excluding hydrogens is 210 g/mol. The van der Waals surface area contributed by atoms with E-state index in [1.165, 1.54) is 0 Å². The van der Waals surface area contributed by atoms with E-state index in [1.807, 2.05) is 30.3 Å². The number of nitriles is 1. The van der Waals surface area contributed by atoms with E-state index in [0.29, 0.717) is 11.3 Å². The van der Waals surface area contributed by atoms with E-state index in [-0.39, 0.29) is 6.07 Å². The fourth-order valence-electron chi connectivity index (χ4n) is 1.45. The molecule has 2 rings (SSSR count). The van der Waals surface area contributed by atoms with Gasteiger partial charge in [-0.1, -0.05) is 23.7 Å². The molecule has 0 bridgehead atoms. The summed E-state index contributed by atoms with van der Waals surface area (Å²) in [5.74, 6) is 0.715. The van der Waals surface area contributed by atoms with E-state index < -0.39 is 0 Å². The smallest absolute Gasteiger partial charge is 0.162 e. The van der Waals surface area contributed by atoms with Gasteiger partial charge in [-0.05, 0) is 35.0 Å². The third kappa shape index (κ3) is 2.03. The molecule has 3 heteroatoms. The van der Waals surface area contributed by atoms with Gasteiger partial charge >= 0.3 is 0 Å². The highest BCUT2D eigenvalue weighted by atomic mass is 35.5. The molecule has 0 N–H and O–H groups in total. The van der Waals surface area contributed by atoms with Crippen LogP contribution in [0.2, 0.25) is 0 Å². The van der Waals surface area contributed by atoms with Gasteiger partial charge in [-0.2, -0.15) is 5.26 Å². The zero-order valence-corrected chi connectivity index (χ0v) is 8.66. The predicted octanol–water partition coefficient (Wildman–Crippen LogP) is 3.29. The Morgan fingerprint density at radius 3 is 2.67 bits per heavy atom. The van der Waals surface area contributed by atoms with Gasteiger partial charge in [0, 0.05) is 0 Å². The van der Waals surface area contributed by atoms with E-state index in [0.717, 1.165) is 10.8 Å². The molecular formula is C12H8ClNO. The Morgan fingerprint density at radius 1 is 1.13 bits per heavy atom. The molecule has 0 radical (unpaired) electrons. The summed E-state index contributed by atoms with van der Waals surface area (Å²) in [6.07, 6.45) is 0. The first-order chi connectivity index (χ1) is 7.33. The molecule has 0 unspecified atom stereocenters. The second-order valence-corrected chi connectivity index (χ2v) is 3.31. The molecule has 0 amide bonds. The van der Waals surface area contributed by atoms with Crippen LogP contribution in [0.4, 0.5) is 0 Å². The van der Waals surface area contributed by atoms with Crippen LogP contribution in [0.15, 0.2) is 36.4 Å². The summed E-state index contributed by atoms with van der Waals surface area (Å²) < 4.78 is 5.17. The first kappa shape index (κ1) is 9.82. The molecule has 74 valence electrons. The van der Waals surface area contributed by atoms with E-state index in [1.54, 1.807) is 6.07 Å². The van der Waals surface area contributed by atoms with Crippen LogP contribution in [0, 0.1) is 11.3 Å². The molecule has 0 atom stereocenters. The number of alkyl halides is 1. The van der Waals surface area contributed by atoms with Crippen molar-refractivity contribution in [1.29, 1.82) is 5.26 Å². The molecule has 0 spiro atoms. The summed E-state index contributed by atoms with van der Waals surface area (Å²) in [4.78, 5) is 0. The van der Waals surface area contributed by atoms with Gasteiger partial charge in [0.05, 0.1) is 11.6 Å². The quantitative estimate of drug-likeness (QED) is 0.724. The lowest BCUT2D eigenvalue weighted by molar-refractivity contribution is 0.388. The summed E-state index contributed by atoms with van der Waals surface area (Å²) in [6, 6.07) is 13.4. The summed E-state index contributed by atoms with van der Waals surface area (Å²) in [6.45, 7) is 0. The minimum absolute atomic E-state index is 0.128. The maximum atomic E-state index is 8.77. The fraction of sp³-hybridized carbons (Fsp3) is 0.0833. The first-order valence-electron chi connectivity index (χ1n) is 4.46. The molecule has 2 aromatic rings. The van der Waals surface area contributed by atoms with Gasteiger partial charge in [-0.25, -0.2) is 0 Å². The van der Waals surface area contributed by atoms with Gasteiger partial charge < -0.3 is 4.74 Å². The number of benzene rings is 2. The second kappa shape index (κ2) is 4.20. The monoisotopic (exact) mass is 217 g/mol. The number of hydrogen-bond donors (Lipinski definition) is 0. The third-order valence-corrected chi connectivity index (χ3v) is 2.27. The number of hydrogen-bond acceptors (Lipinski definition) is 2. The summed E-state index contributed by atoms with van der Waals surface area (Å²) >= 11 is 5.47. The van der Waals surface area contributed by atoms with Crippen LogP contribution in [0.3, 0.4) is 0 Å². The van der Waals surface area contributed by atoms with Crippen molar-refractivity contribution in [1.82, 2.24) is 0 Å². The normalized spacial score (nSPS) is 9.87. The molecule has 2 nitrogen and oxygen atoms in total. The molecule has 0 aliphatic rings. The molecule has 0 saturated carbocycles. The average Bonchev–Trinajstić information content (AvgIpc) is 2.28. The van der Waals surface area contributed by atoms with E-state index in [4.69, 9.17) is 21.6 Å². The van der Waals surface area contributed by atoms with E-state index in [2.05, 4.69) is 6.07 Å². The van der Waals surface area contributed by atoms with Crippen LogP contribution in [-0.2, 0) is 0 Å². The minimum Gasteiger partial charge on any atom is -0.478 e. The molecule has 0 aliphatic heterocycles. The molecule has 2 aromatic carbocycles. The molecule has 0 fully saturated rings. The average molecular weight is 218 g/mol. The van der Waals surface area contributed by atoms with Crippen LogP contribution in [-0.4, -0.2) is 6.07 Å². The topological polar surface area (TPSA) is 33.0 Å². The van der Waals surface area contributed by atoms with E-state index in [9.17, 15) is 0 Å². The van der Waals surface area contributed by atoms with Crippen LogP contribution in [0.25, 0.3) is 10.8 Å². The minimum atomic E-state index is 0.128. The lowest BCUT2D eigenvalue weighted by Gasteiger charge is -2.03. The molecule has 0 saturated heterocycles. The second-order valence-electron chi connectivity index (χ2n) is 3.09. The van der Waals surface area contributed by atoms with Crippen molar-refractivity contribution in [3.63, 3.8) is 0 Å². The summed E-state index contributed by atoms with van der Waals surface area (Å²) in [7, 11) is 0. The molecule has 0 aromatic heterocycles. The van der Waals surface area contributed by atoms with Gasteiger partial charge in [0.2, 0.25) is 0 Å². The molecule has 0 aliphatic carbocycles. The Balaban J connectivity index is 2.54. The summed E-state index contributed by atoms with van der Waals surface area (Å²) in [5, 5.41) is 10.8. The number of rotatable bonds is 2. The number of halogens is 1. The van der Waals surface area contributed by atoms with Crippen molar-refractivity contribution in [2.45, 2.75) is 0 Å². The van der Waals surface area contributed by atoms with Gasteiger partial charge in [0.15, 0.2) is 6.07 Å². The van der Waals surface area contributed by atoms with Gasteiger partial charge in [-0.3, -0.25) is 0 Å². The Bertz CT molecular complexity index is 531. The SMILES string of the molecule is N#Cc1ccc2ccc(OCCl)cc2c1. The zero-order chi connectivity index (χ0) is 10.7. The van der Waals surface area contributed by atoms with E-state index >= 15 is 0 Å². The highest BCUT2D eigenvalue weighted by Gasteiger charge is 1.98. The summed E-state index contributed by atoms with van der Waals surface area (Å²) in [5.41, 5.74) is 0.644. The fourth-order valence-corrected chi connectivity index (χ4v) is 1.57. The van der Waals surface area contributed by atoms with Crippen LogP contribution in [0.5, 0.6) is 5.75 Å². The number of fused-ring (bicyclic) bond motifs is 1. The van der Waals surface area contributed by atoms with Crippen LogP contribution in [0.1, 0.15) is 5.56 Å². The van der Waals surface area contributed by atoms with Crippen LogP contribution >= 0.6 is 11.6 Å². The zero-order valence-electron chi connectivity index (χ0n) is 7.90. The molecule has 15 heavy (non-hydrogen) atoms. The lowest BCUT2D eigenvalue weighted by atomic mass is 10.1. The van der Waals surface area contributed by atoms with Gasteiger partial charge in [-0.15, -0.1) is 0 Å². The Hall–Kier alpha value is -1.72. The van der Waals surface area contributed by atoms with Crippen molar-refractivity contribution in [3.8, 4) is 11.8 Å². The Kier molecular flexibility index (Phi) is 2.75. The van der Waals surface area contributed by atoms with Crippen molar-refractivity contribution >= 4 is 22.4 Å². The van der Waals surface area contributed by atoms with Gasteiger partial charge in [0.25, 0.3) is 0 Å². The van der Waals surface area contributed by atoms with Crippen molar-refractivity contribution < 1.29 is 4.74 Å². The highest BCUT2D eigenvalue weighted by molar-refractivity contribution is 6.17. The lowest BCUT2D eigenvalue weighted by Crippen LogP contribution is -1.88. The van der Waals surface area contributed by atoms with Crippen molar-refractivity contribution in [2.24, 2.45) is 0 Å². The third-order valence-electron chi connectivity index (χ3n) is 2.16. The Labute approximate surface area is 92.7 Å². The number of nitrogens with zero attached hydrogens (tertiary/aromatic N) is 1. The molecule has 0 heterocycles. The maximum absolute atomic E-state index is 8.77. The first-order valence-corrected chi connectivity index (χ1v) is 4.99. The van der Waals surface area contributed by atoms with Crippen molar-refractivity contribution in [3.05, 3.63) is 42.0 Å².